The summed E-state index contributed by atoms with van der Waals surface area (Å²) in [6, 6.07) is 3.90. The second-order valence-corrected chi connectivity index (χ2v) is 9.19. The SMILES string of the molecule is COc1cc(OC)c(C(=O)NCC2CCC(C(=O)NCCC3CCCN3C)CC2)cc1OC. The summed E-state index contributed by atoms with van der Waals surface area (Å²) >= 11 is 0. The maximum absolute atomic E-state index is 12.8. The lowest BCUT2D eigenvalue weighted by Crippen LogP contribution is -2.38. The number of likely N-dealkylation sites (tertiary alicyclic amines) is 1. The van der Waals surface area contributed by atoms with E-state index in [0.29, 0.717) is 41.3 Å². The molecule has 1 aromatic rings. The van der Waals surface area contributed by atoms with E-state index in [4.69, 9.17) is 14.2 Å². The minimum atomic E-state index is -0.204. The number of hydrogen-bond acceptors (Lipinski definition) is 6. The van der Waals surface area contributed by atoms with Crippen LogP contribution < -0.4 is 24.8 Å². The van der Waals surface area contributed by atoms with Gasteiger partial charge in [0, 0.05) is 37.2 Å². The number of carbonyl (C=O) groups excluding carboxylic acids is 2. The minimum Gasteiger partial charge on any atom is -0.496 e. The van der Waals surface area contributed by atoms with E-state index < -0.39 is 0 Å². The van der Waals surface area contributed by atoms with Crippen LogP contribution in [0.15, 0.2) is 12.1 Å². The van der Waals surface area contributed by atoms with Gasteiger partial charge in [0.05, 0.1) is 26.9 Å². The summed E-state index contributed by atoms with van der Waals surface area (Å²) in [5.74, 6) is 1.87. The molecule has 2 aliphatic rings. The van der Waals surface area contributed by atoms with Gasteiger partial charge >= 0.3 is 0 Å². The number of hydrogen-bond donors (Lipinski definition) is 2. The number of amides is 2. The van der Waals surface area contributed by atoms with Gasteiger partial charge in [-0.3, -0.25) is 9.59 Å². The van der Waals surface area contributed by atoms with Crippen molar-refractivity contribution in [2.45, 2.75) is 51.0 Å². The molecule has 33 heavy (non-hydrogen) atoms. The molecular formula is C25H39N3O5. The van der Waals surface area contributed by atoms with Gasteiger partial charge in [0.2, 0.25) is 5.91 Å². The van der Waals surface area contributed by atoms with Gasteiger partial charge in [-0.1, -0.05) is 0 Å². The van der Waals surface area contributed by atoms with Crippen molar-refractivity contribution in [2.24, 2.45) is 11.8 Å². The molecule has 0 bridgehead atoms. The third kappa shape index (κ3) is 6.53. The van der Waals surface area contributed by atoms with E-state index in [1.165, 1.54) is 27.1 Å². The number of carbonyl (C=O) groups is 2. The van der Waals surface area contributed by atoms with Crippen LogP contribution in [0, 0.1) is 11.8 Å². The minimum absolute atomic E-state index is 0.0872. The van der Waals surface area contributed by atoms with Crippen LogP contribution in [0.5, 0.6) is 17.2 Å². The fourth-order valence-electron chi connectivity index (χ4n) is 5.02. The van der Waals surface area contributed by atoms with Crippen LogP contribution in [0.25, 0.3) is 0 Å². The number of benzene rings is 1. The summed E-state index contributed by atoms with van der Waals surface area (Å²) in [5.41, 5.74) is 0.413. The van der Waals surface area contributed by atoms with Crippen LogP contribution in [-0.4, -0.2) is 70.8 Å². The number of methoxy groups -OCH3 is 3. The molecule has 3 rings (SSSR count). The van der Waals surface area contributed by atoms with Gasteiger partial charge in [-0.25, -0.2) is 0 Å². The standard InChI is InChI=1S/C25H39N3O5/c1-28-13-5-6-19(28)11-12-26-24(29)18-9-7-17(8-10-18)16-27-25(30)20-14-22(32-3)23(33-4)15-21(20)31-2/h14-15,17-19H,5-13,16H2,1-4H3,(H,26,29)(H,27,30). The summed E-state index contributed by atoms with van der Waals surface area (Å²) in [7, 11) is 6.77. The first-order chi connectivity index (χ1) is 16.0. The Kier molecular flexibility index (Phi) is 9.23. The Morgan fingerprint density at radius 2 is 1.61 bits per heavy atom. The molecule has 1 aromatic carbocycles. The molecule has 1 atom stereocenters. The fraction of sp³-hybridized carbons (Fsp3) is 0.680. The first-order valence-corrected chi connectivity index (χ1v) is 12.0. The number of rotatable bonds is 10. The summed E-state index contributed by atoms with van der Waals surface area (Å²) in [6.07, 6.45) is 7.14. The summed E-state index contributed by atoms with van der Waals surface area (Å²) in [6.45, 7) is 2.51. The Bertz CT molecular complexity index is 807. The molecule has 8 heteroatoms. The second kappa shape index (κ2) is 12.1. The van der Waals surface area contributed by atoms with Crippen molar-refractivity contribution < 1.29 is 23.8 Å². The van der Waals surface area contributed by atoms with E-state index in [1.807, 2.05) is 0 Å². The van der Waals surface area contributed by atoms with E-state index >= 15 is 0 Å². The molecule has 2 amide bonds. The molecule has 1 unspecified atom stereocenters. The Hall–Kier alpha value is -2.48. The number of nitrogens with one attached hydrogen (secondary N) is 2. The van der Waals surface area contributed by atoms with Gasteiger partial charge in [0.25, 0.3) is 5.91 Å². The van der Waals surface area contributed by atoms with Gasteiger partial charge in [0.15, 0.2) is 11.5 Å². The lowest BCUT2D eigenvalue weighted by atomic mass is 9.81. The zero-order chi connectivity index (χ0) is 23.8. The van der Waals surface area contributed by atoms with Gasteiger partial charge in [-0.05, 0) is 64.5 Å². The average Bonchev–Trinajstić information content (AvgIpc) is 3.26. The van der Waals surface area contributed by atoms with E-state index in [1.54, 1.807) is 19.2 Å². The number of ether oxygens (including phenoxy) is 3. The molecule has 1 heterocycles. The highest BCUT2D eigenvalue weighted by Gasteiger charge is 2.27. The topological polar surface area (TPSA) is 89.1 Å². The van der Waals surface area contributed by atoms with Crippen molar-refractivity contribution >= 4 is 11.8 Å². The zero-order valence-electron chi connectivity index (χ0n) is 20.4. The van der Waals surface area contributed by atoms with Crippen molar-refractivity contribution in [3.63, 3.8) is 0 Å². The van der Waals surface area contributed by atoms with Crippen molar-refractivity contribution in [1.29, 1.82) is 0 Å². The molecule has 184 valence electrons. The second-order valence-electron chi connectivity index (χ2n) is 9.19. The number of nitrogens with zero attached hydrogens (tertiary/aromatic N) is 1. The highest BCUT2D eigenvalue weighted by atomic mass is 16.5. The Morgan fingerprint density at radius 3 is 2.21 bits per heavy atom. The van der Waals surface area contributed by atoms with E-state index in [2.05, 4.69) is 22.6 Å². The van der Waals surface area contributed by atoms with E-state index in [9.17, 15) is 9.59 Å². The van der Waals surface area contributed by atoms with Crippen LogP contribution in [0.1, 0.15) is 55.3 Å². The molecule has 0 radical (unpaired) electrons. The summed E-state index contributed by atoms with van der Waals surface area (Å²) < 4.78 is 16.0. The molecule has 8 nitrogen and oxygen atoms in total. The smallest absolute Gasteiger partial charge is 0.255 e. The van der Waals surface area contributed by atoms with Gasteiger partial charge in [0.1, 0.15) is 5.75 Å². The first-order valence-electron chi connectivity index (χ1n) is 12.0. The molecule has 2 fully saturated rings. The Balaban J connectivity index is 1.42. The fourth-order valence-corrected chi connectivity index (χ4v) is 5.02. The van der Waals surface area contributed by atoms with Crippen molar-refractivity contribution in [2.75, 3.05) is 48.0 Å². The third-order valence-electron chi connectivity index (χ3n) is 7.17. The summed E-state index contributed by atoms with van der Waals surface area (Å²) in [5, 5.41) is 6.17. The molecule has 2 N–H and O–H groups in total. The third-order valence-corrected chi connectivity index (χ3v) is 7.17. The maximum Gasteiger partial charge on any atom is 0.255 e. The normalized spacial score (nSPS) is 23.1. The molecule has 1 saturated carbocycles. The monoisotopic (exact) mass is 461 g/mol. The van der Waals surface area contributed by atoms with Crippen LogP contribution in [-0.2, 0) is 4.79 Å². The van der Waals surface area contributed by atoms with Crippen LogP contribution in [0.2, 0.25) is 0 Å². The molecule has 1 saturated heterocycles. The molecule has 1 aliphatic carbocycles. The highest BCUT2D eigenvalue weighted by molar-refractivity contribution is 5.97. The van der Waals surface area contributed by atoms with Gasteiger partial charge in [-0.15, -0.1) is 0 Å². The van der Waals surface area contributed by atoms with Gasteiger partial charge in [-0.2, -0.15) is 0 Å². The lowest BCUT2D eigenvalue weighted by Gasteiger charge is -2.28. The van der Waals surface area contributed by atoms with E-state index in [0.717, 1.165) is 45.2 Å². The first kappa shape index (κ1) is 25.1. The van der Waals surface area contributed by atoms with Crippen LogP contribution >= 0.6 is 0 Å². The Labute approximate surface area is 197 Å². The highest BCUT2D eigenvalue weighted by Crippen LogP contribution is 2.35. The van der Waals surface area contributed by atoms with E-state index in [-0.39, 0.29) is 17.7 Å². The summed E-state index contributed by atoms with van der Waals surface area (Å²) in [4.78, 5) is 27.8. The van der Waals surface area contributed by atoms with Crippen molar-refractivity contribution in [1.82, 2.24) is 15.5 Å². The molecular weight excluding hydrogens is 422 g/mol. The van der Waals surface area contributed by atoms with Gasteiger partial charge < -0.3 is 29.7 Å². The predicted molar refractivity (Wildman–Crippen MR) is 127 cm³/mol. The quantitative estimate of drug-likeness (QED) is 0.557. The Morgan fingerprint density at radius 1 is 0.939 bits per heavy atom. The predicted octanol–water partition coefficient (Wildman–Crippen LogP) is 2.85. The van der Waals surface area contributed by atoms with Crippen LogP contribution in [0.4, 0.5) is 0 Å². The largest absolute Gasteiger partial charge is 0.496 e. The van der Waals surface area contributed by atoms with Crippen LogP contribution in [0.3, 0.4) is 0 Å². The molecule has 0 spiro atoms. The average molecular weight is 462 g/mol. The lowest BCUT2D eigenvalue weighted by molar-refractivity contribution is -0.126. The molecule has 0 aromatic heterocycles. The zero-order valence-corrected chi connectivity index (χ0v) is 20.4. The van der Waals surface area contributed by atoms with Crippen molar-refractivity contribution in [3.8, 4) is 17.2 Å². The maximum atomic E-state index is 12.8. The van der Waals surface area contributed by atoms with Crippen molar-refractivity contribution in [3.05, 3.63) is 17.7 Å². The molecule has 1 aliphatic heterocycles.